The van der Waals surface area contributed by atoms with E-state index in [4.69, 9.17) is 11.6 Å². The summed E-state index contributed by atoms with van der Waals surface area (Å²) in [5.41, 5.74) is -3.10. The second kappa shape index (κ2) is 7.95. The summed E-state index contributed by atoms with van der Waals surface area (Å²) in [5, 5.41) is 11.7. The average Bonchev–Trinajstić information content (AvgIpc) is 2.72. The van der Waals surface area contributed by atoms with Gasteiger partial charge in [-0.1, -0.05) is 17.7 Å². The highest BCUT2D eigenvalue weighted by Gasteiger charge is 2.44. The van der Waals surface area contributed by atoms with E-state index in [1.165, 1.54) is 25.1 Å². The second-order valence-electron chi connectivity index (χ2n) is 8.83. The first-order valence-electron chi connectivity index (χ1n) is 10.2. The molecule has 1 aliphatic heterocycles. The van der Waals surface area contributed by atoms with Crippen molar-refractivity contribution in [2.24, 2.45) is 0 Å². The monoisotopic (exact) mass is 495 g/mol. The molecule has 0 unspecified atom stereocenters. The van der Waals surface area contributed by atoms with Crippen molar-refractivity contribution in [3.63, 3.8) is 0 Å². The van der Waals surface area contributed by atoms with Crippen molar-refractivity contribution in [2.45, 2.75) is 25.6 Å². The Hall–Kier alpha value is -3.18. The summed E-state index contributed by atoms with van der Waals surface area (Å²) in [4.78, 5) is 32.3. The van der Waals surface area contributed by atoms with Gasteiger partial charge in [0.05, 0.1) is 16.1 Å². The van der Waals surface area contributed by atoms with Crippen LogP contribution >= 0.6 is 11.6 Å². The van der Waals surface area contributed by atoms with E-state index in [0.29, 0.717) is 23.7 Å². The van der Waals surface area contributed by atoms with Gasteiger partial charge in [0.15, 0.2) is 0 Å². The second-order valence-corrected chi connectivity index (χ2v) is 9.23. The van der Waals surface area contributed by atoms with Gasteiger partial charge < -0.3 is 9.80 Å². The van der Waals surface area contributed by atoms with E-state index in [1.54, 1.807) is 4.90 Å². The zero-order valence-electron chi connectivity index (χ0n) is 18.8. The van der Waals surface area contributed by atoms with Crippen LogP contribution in [0, 0.1) is 17.0 Å². The van der Waals surface area contributed by atoms with Crippen molar-refractivity contribution in [1.29, 1.82) is 0 Å². The average molecular weight is 496 g/mol. The van der Waals surface area contributed by atoms with Crippen molar-refractivity contribution < 1.29 is 18.1 Å². The smallest absolute Gasteiger partial charge is 0.347 e. The van der Waals surface area contributed by atoms with Crippen molar-refractivity contribution >= 4 is 34.0 Å². The number of aromatic nitrogens is 2. The normalized spacial score (nSPS) is 15.6. The third-order valence-corrected chi connectivity index (χ3v) is 6.77. The molecule has 1 saturated heterocycles. The van der Waals surface area contributed by atoms with Gasteiger partial charge >= 0.3 is 11.9 Å². The highest BCUT2D eigenvalue weighted by molar-refractivity contribution is 6.31. The minimum Gasteiger partial charge on any atom is -0.347 e. The van der Waals surface area contributed by atoms with Crippen LogP contribution in [0.3, 0.4) is 0 Å². The Kier molecular flexibility index (Phi) is 5.60. The van der Waals surface area contributed by atoms with Gasteiger partial charge in [0.25, 0.3) is 5.56 Å². The highest BCUT2D eigenvalue weighted by Crippen LogP contribution is 2.38. The number of likely N-dealkylation sites (N-methyl/N-ethyl adjacent to an activating group) is 1. The molecule has 12 heteroatoms. The lowest BCUT2D eigenvalue weighted by atomic mass is 9.90. The van der Waals surface area contributed by atoms with E-state index in [-0.39, 0.29) is 38.5 Å². The van der Waals surface area contributed by atoms with Gasteiger partial charge in [-0.3, -0.25) is 19.5 Å². The standard InChI is InChI=1S/C22H21ClF3N5O3/c1-12-14(23)6-5-7-15(12)30-17(22(24,25)26)9-13-8-16(31(33)34)19(27-18(13)20(30)32)29-10-21(2,11-29)28(3)4/h5-9H,10-11H2,1-4H3. The molecule has 180 valence electrons. The lowest BCUT2D eigenvalue weighted by molar-refractivity contribution is -0.384. The number of hydrogen-bond donors (Lipinski definition) is 0. The Morgan fingerprint density at radius 3 is 2.44 bits per heavy atom. The number of rotatable bonds is 4. The van der Waals surface area contributed by atoms with E-state index in [9.17, 15) is 28.1 Å². The Morgan fingerprint density at radius 2 is 1.88 bits per heavy atom. The van der Waals surface area contributed by atoms with E-state index in [0.717, 1.165) is 6.07 Å². The minimum absolute atomic E-state index is 0.0439. The molecule has 0 saturated carbocycles. The molecule has 0 aliphatic carbocycles. The number of benzene rings is 1. The maximum atomic E-state index is 14.0. The van der Waals surface area contributed by atoms with Crippen LogP contribution in [0.1, 0.15) is 18.2 Å². The Bertz CT molecular complexity index is 1380. The summed E-state index contributed by atoms with van der Waals surface area (Å²) in [6, 6.07) is 5.99. The fourth-order valence-corrected chi connectivity index (χ4v) is 4.25. The first-order valence-corrected chi connectivity index (χ1v) is 10.6. The van der Waals surface area contributed by atoms with Crippen LogP contribution < -0.4 is 10.5 Å². The maximum absolute atomic E-state index is 14.0. The maximum Gasteiger partial charge on any atom is 0.431 e. The van der Waals surface area contributed by atoms with Gasteiger partial charge in [-0.25, -0.2) is 4.98 Å². The van der Waals surface area contributed by atoms with Crippen molar-refractivity contribution in [1.82, 2.24) is 14.5 Å². The minimum atomic E-state index is -4.92. The zero-order valence-corrected chi connectivity index (χ0v) is 19.5. The lowest BCUT2D eigenvalue weighted by Crippen LogP contribution is -2.67. The molecular formula is C22H21ClF3N5O3. The van der Waals surface area contributed by atoms with E-state index in [1.807, 2.05) is 25.9 Å². The molecule has 34 heavy (non-hydrogen) atoms. The molecular weight excluding hydrogens is 475 g/mol. The number of alkyl halides is 3. The molecule has 2 aromatic heterocycles. The SMILES string of the molecule is Cc1c(Cl)cccc1-n1c(C(F)(F)F)cc2cc([N+](=O)[O-])c(N3CC(C)(N(C)C)C3)nc2c1=O. The third-order valence-electron chi connectivity index (χ3n) is 6.36. The zero-order chi connectivity index (χ0) is 25.2. The number of hydrogen-bond acceptors (Lipinski definition) is 6. The van der Waals surface area contributed by atoms with Gasteiger partial charge in [-0.05, 0) is 51.7 Å². The molecule has 0 atom stereocenters. The van der Waals surface area contributed by atoms with E-state index < -0.39 is 28.0 Å². The van der Waals surface area contributed by atoms with Crippen molar-refractivity contribution in [3.8, 4) is 5.69 Å². The Morgan fingerprint density at radius 1 is 1.24 bits per heavy atom. The number of nitrogens with zero attached hydrogens (tertiary/aromatic N) is 5. The number of pyridine rings is 2. The van der Waals surface area contributed by atoms with Crippen LogP contribution in [0.15, 0.2) is 35.1 Å². The van der Waals surface area contributed by atoms with Gasteiger partial charge in [0.2, 0.25) is 5.82 Å². The fraction of sp³-hybridized carbons (Fsp3) is 0.364. The van der Waals surface area contributed by atoms with Gasteiger partial charge in [0, 0.05) is 29.6 Å². The van der Waals surface area contributed by atoms with E-state index >= 15 is 0 Å². The van der Waals surface area contributed by atoms with Crippen LogP contribution in [0.4, 0.5) is 24.7 Å². The molecule has 1 aliphatic rings. The molecule has 0 spiro atoms. The summed E-state index contributed by atoms with van der Waals surface area (Å²) < 4.78 is 42.5. The molecule has 1 aromatic carbocycles. The van der Waals surface area contributed by atoms with Gasteiger partial charge in [0.1, 0.15) is 11.2 Å². The predicted octanol–water partition coefficient (Wildman–Crippen LogP) is 4.41. The molecule has 1 fully saturated rings. The summed E-state index contributed by atoms with van der Waals surface area (Å²) >= 11 is 6.10. The molecule has 3 aromatic rings. The summed E-state index contributed by atoms with van der Waals surface area (Å²) in [6.07, 6.45) is -4.92. The number of anilines is 1. The molecule has 3 heterocycles. The molecule has 0 bridgehead atoms. The van der Waals surface area contributed by atoms with Gasteiger partial charge in [-0.2, -0.15) is 13.2 Å². The highest BCUT2D eigenvalue weighted by atomic mass is 35.5. The predicted molar refractivity (Wildman–Crippen MR) is 123 cm³/mol. The quantitative estimate of drug-likeness (QED) is 0.393. The van der Waals surface area contributed by atoms with Crippen LogP contribution in [0.25, 0.3) is 16.6 Å². The molecule has 0 amide bonds. The van der Waals surface area contributed by atoms with Crippen molar-refractivity contribution in [3.05, 3.63) is 67.1 Å². The third kappa shape index (κ3) is 3.78. The lowest BCUT2D eigenvalue weighted by Gasteiger charge is -2.52. The Balaban J connectivity index is 2.02. The number of fused-ring (bicyclic) bond motifs is 1. The van der Waals surface area contributed by atoms with Crippen LogP contribution in [-0.2, 0) is 6.18 Å². The first-order chi connectivity index (χ1) is 15.7. The first kappa shape index (κ1) is 24.0. The number of halogens is 4. The largest absolute Gasteiger partial charge is 0.431 e. The summed E-state index contributed by atoms with van der Waals surface area (Å²) in [5.74, 6) is -0.0527. The molecule has 4 rings (SSSR count). The number of nitro groups is 1. The van der Waals surface area contributed by atoms with Crippen LogP contribution in [0.5, 0.6) is 0 Å². The molecule has 8 nitrogen and oxygen atoms in total. The topological polar surface area (TPSA) is 84.5 Å². The van der Waals surface area contributed by atoms with Crippen molar-refractivity contribution in [2.75, 3.05) is 32.1 Å². The fourth-order valence-electron chi connectivity index (χ4n) is 4.08. The van der Waals surface area contributed by atoms with Crippen LogP contribution in [-0.4, -0.2) is 52.1 Å². The molecule has 0 radical (unpaired) electrons. The van der Waals surface area contributed by atoms with Gasteiger partial charge in [-0.15, -0.1) is 0 Å². The summed E-state index contributed by atoms with van der Waals surface area (Å²) in [7, 11) is 3.76. The molecule has 0 N–H and O–H groups in total. The van der Waals surface area contributed by atoms with Crippen LogP contribution in [0.2, 0.25) is 5.02 Å². The Labute approximate surface area is 197 Å². The summed E-state index contributed by atoms with van der Waals surface area (Å²) in [6.45, 7) is 4.29. The van der Waals surface area contributed by atoms with E-state index in [2.05, 4.69) is 4.98 Å².